The SMILES string of the molecule is CCCC(NC(C)C(=O)N(C)CC1COc2ccccc2O1)C(=O)O. The van der Waals surface area contributed by atoms with Gasteiger partial charge in [-0.1, -0.05) is 25.5 Å². The van der Waals surface area contributed by atoms with Crippen LogP contribution in [0.25, 0.3) is 0 Å². The van der Waals surface area contributed by atoms with Crippen LogP contribution in [0.4, 0.5) is 0 Å². The van der Waals surface area contributed by atoms with Crippen molar-refractivity contribution in [3.63, 3.8) is 0 Å². The van der Waals surface area contributed by atoms with Gasteiger partial charge in [0.25, 0.3) is 0 Å². The summed E-state index contributed by atoms with van der Waals surface area (Å²) in [4.78, 5) is 25.3. The Balaban J connectivity index is 1.88. The van der Waals surface area contributed by atoms with E-state index in [1.54, 1.807) is 18.9 Å². The summed E-state index contributed by atoms with van der Waals surface area (Å²) in [5.41, 5.74) is 0. The fourth-order valence-electron chi connectivity index (χ4n) is 2.82. The van der Waals surface area contributed by atoms with Crippen molar-refractivity contribution in [2.24, 2.45) is 0 Å². The molecule has 1 amide bonds. The predicted molar refractivity (Wildman–Crippen MR) is 92.9 cm³/mol. The third-order valence-corrected chi connectivity index (χ3v) is 4.12. The summed E-state index contributed by atoms with van der Waals surface area (Å²) in [6.45, 7) is 4.32. The Bertz CT molecular complexity index is 607. The van der Waals surface area contributed by atoms with Gasteiger partial charge in [-0.05, 0) is 25.5 Å². The maximum Gasteiger partial charge on any atom is 0.320 e. The minimum absolute atomic E-state index is 0.176. The molecule has 7 heteroatoms. The number of ether oxygens (including phenoxy) is 2. The van der Waals surface area contributed by atoms with Gasteiger partial charge in [0.15, 0.2) is 17.6 Å². The molecule has 25 heavy (non-hydrogen) atoms. The summed E-state index contributed by atoms with van der Waals surface area (Å²) >= 11 is 0. The van der Waals surface area contributed by atoms with Gasteiger partial charge in [-0.2, -0.15) is 0 Å². The maximum atomic E-state index is 12.5. The standard InChI is InChI=1S/C18H26N2O5/c1-4-7-14(18(22)23)19-12(2)17(21)20(3)10-13-11-24-15-8-5-6-9-16(15)25-13/h5-6,8-9,12-14,19H,4,7,10-11H2,1-3H3,(H,22,23). The second kappa shape index (κ2) is 8.71. The molecule has 0 aromatic heterocycles. The topological polar surface area (TPSA) is 88.1 Å². The van der Waals surface area contributed by atoms with Crippen LogP contribution in [0.2, 0.25) is 0 Å². The molecule has 1 heterocycles. The van der Waals surface area contributed by atoms with Gasteiger partial charge in [0.05, 0.1) is 12.6 Å². The Hall–Kier alpha value is -2.28. The zero-order chi connectivity index (χ0) is 18.4. The van der Waals surface area contributed by atoms with E-state index in [0.717, 1.165) is 6.42 Å². The first kappa shape index (κ1) is 19.1. The van der Waals surface area contributed by atoms with Crippen molar-refractivity contribution in [3.05, 3.63) is 24.3 Å². The van der Waals surface area contributed by atoms with Crippen molar-refractivity contribution in [2.45, 2.75) is 44.9 Å². The summed E-state index contributed by atoms with van der Waals surface area (Å²) in [6, 6.07) is 6.10. The van der Waals surface area contributed by atoms with E-state index in [-0.39, 0.29) is 12.0 Å². The molecule has 3 atom stereocenters. The lowest BCUT2D eigenvalue weighted by Gasteiger charge is -2.31. The Kier molecular flexibility index (Phi) is 6.64. The molecule has 7 nitrogen and oxygen atoms in total. The van der Waals surface area contributed by atoms with Gasteiger partial charge < -0.3 is 19.5 Å². The quantitative estimate of drug-likeness (QED) is 0.739. The molecule has 0 saturated heterocycles. The van der Waals surface area contributed by atoms with Crippen molar-refractivity contribution < 1.29 is 24.2 Å². The minimum atomic E-state index is -0.940. The summed E-state index contributed by atoms with van der Waals surface area (Å²) in [5.74, 6) is 0.251. The monoisotopic (exact) mass is 350 g/mol. The number of carbonyl (C=O) groups excluding carboxylic acids is 1. The molecule has 3 unspecified atom stereocenters. The van der Waals surface area contributed by atoms with Crippen LogP contribution in [0.15, 0.2) is 24.3 Å². The van der Waals surface area contributed by atoms with Crippen molar-refractivity contribution in [2.75, 3.05) is 20.2 Å². The smallest absolute Gasteiger partial charge is 0.320 e. The fourth-order valence-corrected chi connectivity index (χ4v) is 2.82. The van der Waals surface area contributed by atoms with E-state index in [0.29, 0.717) is 31.1 Å². The number of nitrogens with zero attached hydrogens (tertiary/aromatic N) is 1. The predicted octanol–water partition coefficient (Wildman–Crippen LogP) is 1.52. The number of aliphatic carboxylic acids is 1. The van der Waals surface area contributed by atoms with Gasteiger partial charge in [-0.3, -0.25) is 14.9 Å². The zero-order valence-electron chi connectivity index (χ0n) is 14.9. The number of amides is 1. The van der Waals surface area contributed by atoms with Crippen LogP contribution in [-0.2, 0) is 9.59 Å². The average Bonchev–Trinajstić information content (AvgIpc) is 2.60. The maximum absolute atomic E-state index is 12.5. The average molecular weight is 350 g/mol. The number of fused-ring (bicyclic) bond motifs is 1. The molecule has 0 bridgehead atoms. The summed E-state index contributed by atoms with van der Waals surface area (Å²) in [5, 5.41) is 12.1. The molecule has 1 aromatic rings. The van der Waals surface area contributed by atoms with Crippen LogP contribution in [-0.4, -0.2) is 60.3 Å². The van der Waals surface area contributed by atoms with E-state index < -0.39 is 18.1 Å². The number of likely N-dealkylation sites (N-methyl/N-ethyl adjacent to an activating group) is 1. The van der Waals surface area contributed by atoms with Gasteiger partial charge in [-0.25, -0.2) is 0 Å². The first-order valence-corrected chi connectivity index (χ1v) is 8.54. The van der Waals surface area contributed by atoms with Gasteiger partial charge in [0, 0.05) is 7.05 Å². The zero-order valence-corrected chi connectivity index (χ0v) is 14.9. The molecule has 1 aromatic carbocycles. The van der Waals surface area contributed by atoms with Crippen molar-refractivity contribution >= 4 is 11.9 Å². The number of rotatable bonds is 8. The van der Waals surface area contributed by atoms with Crippen LogP contribution < -0.4 is 14.8 Å². The summed E-state index contributed by atoms with van der Waals surface area (Å²) in [6.07, 6.45) is 0.947. The van der Waals surface area contributed by atoms with E-state index in [9.17, 15) is 14.7 Å². The van der Waals surface area contributed by atoms with E-state index in [1.807, 2.05) is 31.2 Å². The van der Waals surface area contributed by atoms with Crippen LogP contribution in [0.3, 0.4) is 0 Å². The lowest BCUT2D eigenvalue weighted by atomic mass is 10.1. The van der Waals surface area contributed by atoms with Gasteiger partial charge in [0.2, 0.25) is 5.91 Å². The van der Waals surface area contributed by atoms with E-state index >= 15 is 0 Å². The number of benzene rings is 1. The molecular weight excluding hydrogens is 324 g/mol. The lowest BCUT2D eigenvalue weighted by Crippen LogP contribution is -2.52. The molecule has 0 radical (unpaired) electrons. The third kappa shape index (κ3) is 5.09. The molecule has 1 aliphatic heterocycles. The second-order valence-corrected chi connectivity index (χ2v) is 6.28. The number of carboxylic acids is 1. The molecule has 138 valence electrons. The summed E-state index contributed by atoms with van der Waals surface area (Å²) < 4.78 is 11.5. The van der Waals surface area contributed by atoms with Crippen LogP contribution >= 0.6 is 0 Å². The highest BCUT2D eigenvalue weighted by atomic mass is 16.6. The number of para-hydroxylation sites is 2. The van der Waals surface area contributed by atoms with Crippen LogP contribution in [0.1, 0.15) is 26.7 Å². The van der Waals surface area contributed by atoms with Crippen molar-refractivity contribution in [1.82, 2.24) is 10.2 Å². The molecule has 0 saturated carbocycles. The largest absolute Gasteiger partial charge is 0.486 e. The lowest BCUT2D eigenvalue weighted by molar-refractivity contribution is -0.140. The summed E-state index contributed by atoms with van der Waals surface area (Å²) in [7, 11) is 1.68. The highest BCUT2D eigenvalue weighted by molar-refractivity contribution is 5.82. The van der Waals surface area contributed by atoms with Crippen LogP contribution in [0, 0.1) is 0 Å². The number of nitrogens with one attached hydrogen (secondary N) is 1. The van der Waals surface area contributed by atoms with E-state index in [1.165, 1.54) is 0 Å². The minimum Gasteiger partial charge on any atom is -0.486 e. The number of hydrogen-bond donors (Lipinski definition) is 2. The normalized spacial score (nSPS) is 18.3. The van der Waals surface area contributed by atoms with Gasteiger partial charge in [-0.15, -0.1) is 0 Å². The second-order valence-electron chi connectivity index (χ2n) is 6.28. The Morgan fingerprint density at radius 2 is 2.04 bits per heavy atom. The molecule has 1 aliphatic rings. The Morgan fingerprint density at radius 1 is 1.36 bits per heavy atom. The third-order valence-electron chi connectivity index (χ3n) is 4.12. The fraction of sp³-hybridized carbons (Fsp3) is 0.556. The number of carbonyl (C=O) groups is 2. The Morgan fingerprint density at radius 3 is 2.68 bits per heavy atom. The number of carboxylic acid groups (broad SMARTS) is 1. The van der Waals surface area contributed by atoms with Gasteiger partial charge >= 0.3 is 5.97 Å². The van der Waals surface area contributed by atoms with Crippen molar-refractivity contribution in [1.29, 1.82) is 0 Å². The molecule has 2 rings (SSSR count). The molecular formula is C18H26N2O5. The van der Waals surface area contributed by atoms with Crippen molar-refractivity contribution in [3.8, 4) is 11.5 Å². The Labute approximate surface area is 147 Å². The first-order chi connectivity index (χ1) is 11.9. The van der Waals surface area contributed by atoms with Crippen LogP contribution in [0.5, 0.6) is 11.5 Å². The highest BCUT2D eigenvalue weighted by Crippen LogP contribution is 2.30. The first-order valence-electron chi connectivity index (χ1n) is 8.54. The molecule has 0 spiro atoms. The van der Waals surface area contributed by atoms with Gasteiger partial charge in [0.1, 0.15) is 12.6 Å². The number of hydrogen-bond acceptors (Lipinski definition) is 5. The van der Waals surface area contributed by atoms with E-state index in [2.05, 4.69) is 5.32 Å². The molecule has 0 fully saturated rings. The molecule has 2 N–H and O–H groups in total. The highest BCUT2D eigenvalue weighted by Gasteiger charge is 2.28. The molecule has 0 aliphatic carbocycles. The van der Waals surface area contributed by atoms with E-state index in [4.69, 9.17) is 9.47 Å².